The van der Waals surface area contributed by atoms with Crippen LogP contribution in [-0.2, 0) is 18.9 Å². The molecular formula is C13H29NO4. The lowest BCUT2D eigenvalue weighted by molar-refractivity contribution is 0.000367. The van der Waals surface area contributed by atoms with Crippen molar-refractivity contribution < 1.29 is 18.9 Å². The van der Waals surface area contributed by atoms with E-state index in [-0.39, 0.29) is 6.04 Å². The van der Waals surface area contributed by atoms with Crippen LogP contribution in [0, 0.1) is 5.92 Å². The highest BCUT2D eigenvalue weighted by Crippen LogP contribution is 2.05. The molecule has 0 rings (SSSR count). The minimum Gasteiger partial charge on any atom is -0.382 e. The van der Waals surface area contributed by atoms with E-state index in [1.54, 1.807) is 7.11 Å². The van der Waals surface area contributed by atoms with E-state index in [1.807, 2.05) is 0 Å². The van der Waals surface area contributed by atoms with Crippen LogP contribution in [0.3, 0.4) is 0 Å². The minimum atomic E-state index is 0.118. The zero-order chi connectivity index (χ0) is 13.6. The van der Waals surface area contributed by atoms with Crippen LogP contribution in [-0.4, -0.2) is 59.4 Å². The topological polar surface area (TPSA) is 62.9 Å². The van der Waals surface area contributed by atoms with Crippen molar-refractivity contribution in [3.8, 4) is 0 Å². The summed E-state index contributed by atoms with van der Waals surface area (Å²) in [5.41, 5.74) is 5.94. The number of methoxy groups -OCH3 is 1. The monoisotopic (exact) mass is 263 g/mol. The molecule has 5 nitrogen and oxygen atoms in total. The highest BCUT2D eigenvalue weighted by atomic mass is 16.6. The number of rotatable bonds is 13. The molecule has 0 radical (unpaired) electrons. The zero-order valence-electron chi connectivity index (χ0n) is 12.0. The van der Waals surface area contributed by atoms with Gasteiger partial charge in [0, 0.05) is 13.2 Å². The molecule has 0 bridgehead atoms. The predicted molar refractivity (Wildman–Crippen MR) is 71.8 cm³/mol. The molecule has 0 aliphatic carbocycles. The second kappa shape index (κ2) is 13.2. The fourth-order valence-corrected chi connectivity index (χ4v) is 1.27. The number of ether oxygens (including phenoxy) is 4. The summed E-state index contributed by atoms with van der Waals surface area (Å²) in [6.07, 6.45) is 1.08. The molecule has 2 N–H and O–H groups in total. The molecule has 110 valence electrons. The molecule has 0 aromatic carbocycles. The Hall–Kier alpha value is -0.200. The van der Waals surface area contributed by atoms with Crippen molar-refractivity contribution in [2.45, 2.75) is 26.3 Å². The molecule has 0 heterocycles. The molecule has 0 aliphatic rings. The number of hydrogen-bond donors (Lipinski definition) is 1. The first-order chi connectivity index (χ1) is 8.72. The molecule has 5 heteroatoms. The van der Waals surface area contributed by atoms with Gasteiger partial charge in [-0.3, -0.25) is 0 Å². The normalized spacial score (nSPS) is 14.7. The molecule has 0 aromatic rings. The van der Waals surface area contributed by atoms with Gasteiger partial charge in [0.2, 0.25) is 0 Å². The Morgan fingerprint density at radius 3 is 1.89 bits per heavy atom. The highest BCUT2D eigenvalue weighted by Gasteiger charge is 2.09. The van der Waals surface area contributed by atoms with Crippen molar-refractivity contribution in [1.82, 2.24) is 0 Å². The molecule has 0 spiro atoms. The quantitative estimate of drug-likeness (QED) is 0.503. The summed E-state index contributed by atoms with van der Waals surface area (Å²) in [6, 6.07) is 0.118. The smallest absolute Gasteiger partial charge is 0.0701 e. The molecule has 2 atom stereocenters. The van der Waals surface area contributed by atoms with Crippen LogP contribution in [0.2, 0.25) is 0 Å². The van der Waals surface area contributed by atoms with Gasteiger partial charge in [-0.15, -0.1) is 0 Å². The molecule has 0 aliphatic heterocycles. The average molecular weight is 263 g/mol. The van der Waals surface area contributed by atoms with Gasteiger partial charge in [0.15, 0.2) is 0 Å². The second-order valence-corrected chi connectivity index (χ2v) is 4.34. The summed E-state index contributed by atoms with van der Waals surface area (Å²) < 4.78 is 20.9. The molecule has 18 heavy (non-hydrogen) atoms. The average Bonchev–Trinajstić information content (AvgIpc) is 2.39. The Morgan fingerprint density at radius 1 is 0.889 bits per heavy atom. The Bertz CT molecular complexity index is 169. The van der Waals surface area contributed by atoms with Gasteiger partial charge < -0.3 is 24.7 Å². The van der Waals surface area contributed by atoms with E-state index in [2.05, 4.69) is 13.8 Å². The van der Waals surface area contributed by atoms with E-state index in [9.17, 15) is 0 Å². The molecule has 0 saturated carbocycles. The fraction of sp³-hybridized carbons (Fsp3) is 1.00. The van der Waals surface area contributed by atoms with Crippen LogP contribution < -0.4 is 5.73 Å². The first kappa shape index (κ1) is 17.8. The predicted octanol–water partition coefficient (Wildman–Crippen LogP) is 1.06. The van der Waals surface area contributed by atoms with Gasteiger partial charge >= 0.3 is 0 Å². The lowest BCUT2D eigenvalue weighted by atomic mass is 10.0. The summed E-state index contributed by atoms with van der Waals surface area (Å²) in [5, 5.41) is 0. The minimum absolute atomic E-state index is 0.118. The van der Waals surface area contributed by atoms with E-state index in [0.717, 1.165) is 6.42 Å². The molecule has 0 aromatic heterocycles. The summed E-state index contributed by atoms with van der Waals surface area (Å²) in [4.78, 5) is 0. The maximum atomic E-state index is 5.94. The maximum Gasteiger partial charge on any atom is 0.0701 e. The SMILES string of the molecule is CCC(C)C(N)COCCOCCOCCOC. The maximum absolute atomic E-state index is 5.94. The number of nitrogens with two attached hydrogens (primary N) is 1. The van der Waals surface area contributed by atoms with Gasteiger partial charge in [0.1, 0.15) is 0 Å². The van der Waals surface area contributed by atoms with Gasteiger partial charge in [-0.05, 0) is 5.92 Å². The van der Waals surface area contributed by atoms with Gasteiger partial charge in [0.05, 0.1) is 46.2 Å². The zero-order valence-corrected chi connectivity index (χ0v) is 12.0. The standard InChI is InChI=1S/C13H29NO4/c1-4-12(2)13(14)11-18-10-9-17-8-7-16-6-5-15-3/h12-13H,4-11,14H2,1-3H3. The van der Waals surface area contributed by atoms with E-state index in [0.29, 0.717) is 52.2 Å². The second-order valence-electron chi connectivity index (χ2n) is 4.34. The van der Waals surface area contributed by atoms with Crippen LogP contribution in [0.1, 0.15) is 20.3 Å². The van der Waals surface area contributed by atoms with Gasteiger partial charge in [-0.25, -0.2) is 0 Å². The number of hydrogen-bond acceptors (Lipinski definition) is 5. The van der Waals surface area contributed by atoms with Gasteiger partial charge in [-0.2, -0.15) is 0 Å². The summed E-state index contributed by atoms with van der Waals surface area (Å²) >= 11 is 0. The van der Waals surface area contributed by atoms with Crippen molar-refractivity contribution in [1.29, 1.82) is 0 Å². The third kappa shape index (κ3) is 10.9. The highest BCUT2D eigenvalue weighted by molar-refractivity contribution is 4.66. The van der Waals surface area contributed by atoms with Crippen LogP contribution in [0.4, 0.5) is 0 Å². The fourth-order valence-electron chi connectivity index (χ4n) is 1.27. The van der Waals surface area contributed by atoms with E-state index < -0.39 is 0 Å². The third-order valence-electron chi connectivity index (χ3n) is 2.86. The van der Waals surface area contributed by atoms with Crippen molar-refractivity contribution in [3.05, 3.63) is 0 Å². The van der Waals surface area contributed by atoms with Crippen LogP contribution in [0.15, 0.2) is 0 Å². The van der Waals surface area contributed by atoms with Crippen molar-refractivity contribution in [2.75, 3.05) is 53.4 Å². The Kier molecular flexibility index (Phi) is 13.1. The van der Waals surface area contributed by atoms with Crippen LogP contribution in [0.25, 0.3) is 0 Å². The summed E-state index contributed by atoms with van der Waals surface area (Å²) in [6.45, 7) is 8.46. The molecule has 0 amide bonds. The van der Waals surface area contributed by atoms with Gasteiger partial charge in [0.25, 0.3) is 0 Å². The first-order valence-electron chi connectivity index (χ1n) is 6.70. The van der Waals surface area contributed by atoms with E-state index in [1.165, 1.54) is 0 Å². The Labute approximate surface area is 111 Å². The Balaban J connectivity index is 3.11. The van der Waals surface area contributed by atoms with E-state index in [4.69, 9.17) is 24.7 Å². The van der Waals surface area contributed by atoms with Gasteiger partial charge in [-0.1, -0.05) is 20.3 Å². The molecule has 0 fully saturated rings. The molecule has 0 saturated heterocycles. The Morgan fingerprint density at radius 2 is 1.39 bits per heavy atom. The third-order valence-corrected chi connectivity index (χ3v) is 2.86. The van der Waals surface area contributed by atoms with E-state index >= 15 is 0 Å². The molecular weight excluding hydrogens is 234 g/mol. The largest absolute Gasteiger partial charge is 0.382 e. The van der Waals surface area contributed by atoms with Crippen molar-refractivity contribution >= 4 is 0 Å². The molecule has 2 unspecified atom stereocenters. The van der Waals surface area contributed by atoms with Crippen molar-refractivity contribution in [2.24, 2.45) is 11.7 Å². The summed E-state index contributed by atoms with van der Waals surface area (Å²) in [7, 11) is 1.65. The lowest BCUT2D eigenvalue weighted by Gasteiger charge is -2.18. The lowest BCUT2D eigenvalue weighted by Crippen LogP contribution is -2.33. The van der Waals surface area contributed by atoms with Crippen molar-refractivity contribution in [3.63, 3.8) is 0 Å². The van der Waals surface area contributed by atoms with Crippen LogP contribution >= 0.6 is 0 Å². The van der Waals surface area contributed by atoms with Crippen LogP contribution in [0.5, 0.6) is 0 Å². The first-order valence-corrected chi connectivity index (χ1v) is 6.70. The summed E-state index contributed by atoms with van der Waals surface area (Å²) in [5.74, 6) is 0.500.